The topological polar surface area (TPSA) is 74.7 Å². The van der Waals surface area contributed by atoms with Gasteiger partial charge < -0.3 is 5.11 Å². The zero-order chi connectivity index (χ0) is 12.8. The van der Waals surface area contributed by atoms with Gasteiger partial charge in [-0.1, -0.05) is 0 Å². The third kappa shape index (κ3) is 1.87. The average molecular weight is 261 g/mol. The smallest absolute Gasteiger partial charge is 0.258 e. The molecule has 6 heteroatoms. The minimum absolute atomic E-state index is 0.202. The van der Waals surface area contributed by atoms with Crippen LogP contribution < -0.4 is 0 Å². The van der Waals surface area contributed by atoms with Crippen molar-refractivity contribution in [2.45, 2.75) is 50.4 Å². The van der Waals surface area contributed by atoms with E-state index in [1.807, 2.05) is 0 Å². The molecule has 5 nitrogen and oxygen atoms in total. The average Bonchev–Trinajstić information content (AvgIpc) is 2.27. The normalized spacial score (nSPS) is 35.5. The molecular formula is C11H19NO4S. The van der Waals surface area contributed by atoms with Crippen LogP contribution in [-0.2, 0) is 14.8 Å². The van der Waals surface area contributed by atoms with Gasteiger partial charge in [0.05, 0.1) is 6.10 Å². The van der Waals surface area contributed by atoms with Gasteiger partial charge in [0.2, 0.25) is 0 Å². The molecule has 1 aliphatic heterocycles. The molecule has 1 heterocycles. The van der Waals surface area contributed by atoms with Crippen molar-refractivity contribution in [2.24, 2.45) is 5.92 Å². The van der Waals surface area contributed by atoms with Gasteiger partial charge >= 0.3 is 0 Å². The molecule has 1 aliphatic carbocycles. The second-order valence-corrected chi connectivity index (χ2v) is 7.94. The Morgan fingerprint density at radius 2 is 1.82 bits per heavy atom. The fourth-order valence-electron chi connectivity index (χ4n) is 2.50. The molecule has 2 rings (SSSR count). The van der Waals surface area contributed by atoms with Gasteiger partial charge in [0.25, 0.3) is 15.9 Å². The molecule has 0 aromatic carbocycles. The zero-order valence-electron chi connectivity index (χ0n) is 10.2. The Kier molecular flexibility index (Phi) is 2.98. The fourth-order valence-corrected chi connectivity index (χ4v) is 4.10. The summed E-state index contributed by atoms with van der Waals surface area (Å²) in [5.41, 5.74) is 0. The maximum absolute atomic E-state index is 11.9. The summed E-state index contributed by atoms with van der Waals surface area (Å²) in [7, 11) is -3.44. The first-order chi connectivity index (χ1) is 7.76. The predicted octanol–water partition coefficient (Wildman–Crippen LogP) is 0.488. The molecule has 1 amide bonds. The maximum atomic E-state index is 11.9. The van der Waals surface area contributed by atoms with Gasteiger partial charge in [0, 0.05) is 6.54 Å². The van der Waals surface area contributed by atoms with Crippen LogP contribution in [0.5, 0.6) is 0 Å². The Morgan fingerprint density at radius 1 is 1.29 bits per heavy atom. The summed E-state index contributed by atoms with van der Waals surface area (Å²) >= 11 is 0. The number of carbonyl (C=O) groups is 1. The summed E-state index contributed by atoms with van der Waals surface area (Å²) in [5.74, 6) is -0.100. The molecule has 1 saturated heterocycles. The van der Waals surface area contributed by atoms with E-state index in [9.17, 15) is 18.3 Å². The van der Waals surface area contributed by atoms with Gasteiger partial charge in [-0.05, 0) is 45.4 Å². The molecule has 98 valence electrons. The van der Waals surface area contributed by atoms with Crippen molar-refractivity contribution in [1.29, 1.82) is 0 Å². The van der Waals surface area contributed by atoms with Crippen LogP contribution in [0.3, 0.4) is 0 Å². The Balaban J connectivity index is 2.00. The zero-order valence-corrected chi connectivity index (χ0v) is 11.0. The number of aliphatic hydroxyl groups excluding tert-OH is 1. The summed E-state index contributed by atoms with van der Waals surface area (Å²) < 4.78 is 23.5. The van der Waals surface area contributed by atoms with Gasteiger partial charge in [-0.2, -0.15) is 0 Å². The number of sulfonamides is 1. The highest BCUT2D eigenvalue weighted by Gasteiger charge is 2.60. The standard InChI is InChI=1S/C11H19NO4S/c1-11(2)10(14)12(17(11,15)16)7-8-3-5-9(13)6-4-8/h8-9,13H,3-7H2,1-2H3. The molecule has 0 unspecified atom stereocenters. The number of rotatable bonds is 2. The lowest BCUT2D eigenvalue weighted by Crippen LogP contribution is -2.68. The van der Waals surface area contributed by atoms with Gasteiger partial charge in [0.15, 0.2) is 4.75 Å². The van der Waals surface area contributed by atoms with Crippen LogP contribution in [0, 0.1) is 5.92 Å². The second kappa shape index (κ2) is 3.95. The first-order valence-electron chi connectivity index (χ1n) is 6.01. The summed E-state index contributed by atoms with van der Waals surface area (Å²) in [4.78, 5) is 11.7. The largest absolute Gasteiger partial charge is 0.393 e. The lowest BCUT2D eigenvalue weighted by Gasteiger charge is -2.45. The third-order valence-electron chi connectivity index (χ3n) is 3.92. The second-order valence-electron chi connectivity index (χ2n) is 5.53. The van der Waals surface area contributed by atoms with Crippen LogP contribution in [0.1, 0.15) is 39.5 Å². The highest BCUT2D eigenvalue weighted by molar-refractivity contribution is 7.94. The minimum Gasteiger partial charge on any atom is -0.393 e. The first-order valence-corrected chi connectivity index (χ1v) is 7.45. The molecule has 17 heavy (non-hydrogen) atoms. The maximum Gasteiger partial charge on any atom is 0.258 e. The van der Waals surface area contributed by atoms with E-state index >= 15 is 0 Å². The van der Waals surface area contributed by atoms with Crippen molar-refractivity contribution in [3.63, 3.8) is 0 Å². The van der Waals surface area contributed by atoms with E-state index in [1.165, 1.54) is 13.8 Å². The molecule has 0 radical (unpaired) electrons. The van der Waals surface area contributed by atoms with Crippen LogP contribution in [0.25, 0.3) is 0 Å². The van der Waals surface area contributed by atoms with E-state index in [-0.39, 0.29) is 24.5 Å². The summed E-state index contributed by atoms with van der Waals surface area (Å²) in [6.45, 7) is 3.19. The van der Waals surface area contributed by atoms with Crippen molar-refractivity contribution in [3.8, 4) is 0 Å². The van der Waals surface area contributed by atoms with Gasteiger partial charge in [-0.15, -0.1) is 0 Å². The van der Waals surface area contributed by atoms with Crippen LogP contribution in [-0.4, -0.2) is 41.1 Å². The molecule has 0 aromatic heterocycles. The lowest BCUT2D eigenvalue weighted by atomic mass is 9.87. The summed E-state index contributed by atoms with van der Waals surface area (Å²) in [5, 5.41) is 9.37. The van der Waals surface area contributed by atoms with Crippen LogP contribution >= 0.6 is 0 Å². The molecule has 2 fully saturated rings. The number of hydrogen-bond donors (Lipinski definition) is 1. The van der Waals surface area contributed by atoms with E-state index in [0.717, 1.165) is 17.1 Å². The van der Waals surface area contributed by atoms with Crippen LogP contribution in [0.15, 0.2) is 0 Å². The lowest BCUT2D eigenvalue weighted by molar-refractivity contribution is -0.132. The van der Waals surface area contributed by atoms with Crippen LogP contribution in [0.2, 0.25) is 0 Å². The van der Waals surface area contributed by atoms with Crippen molar-refractivity contribution >= 4 is 15.9 Å². The molecular weight excluding hydrogens is 242 g/mol. The quantitative estimate of drug-likeness (QED) is 0.785. The van der Waals surface area contributed by atoms with E-state index in [2.05, 4.69) is 0 Å². The number of carbonyl (C=O) groups excluding carboxylic acids is 1. The number of aliphatic hydroxyl groups is 1. The molecule has 1 saturated carbocycles. The number of hydrogen-bond acceptors (Lipinski definition) is 4. The monoisotopic (exact) mass is 261 g/mol. The van der Waals surface area contributed by atoms with Gasteiger partial charge in [-0.25, -0.2) is 12.7 Å². The van der Waals surface area contributed by atoms with E-state index in [1.54, 1.807) is 0 Å². The van der Waals surface area contributed by atoms with Crippen molar-refractivity contribution < 1.29 is 18.3 Å². The predicted molar refractivity (Wildman–Crippen MR) is 62.7 cm³/mol. The van der Waals surface area contributed by atoms with Crippen molar-refractivity contribution in [1.82, 2.24) is 4.31 Å². The number of nitrogens with zero attached hydrogens (tertiary/aromatic N) is 1. The van der Waals surface area contributed by atoms with E-state index in [4.69, 9.17) is 0 Å². The molecule has 0 spiro atoms. The SMILES string of the molecule is CC1(C)C(=O)N(CC2CCC(O)CC2)S1(=O)=O. The first kappa shape index (κ1) is 12.8. The Hall–Kier alpha value is -0.620. The minimum atomic E-state index is -3.44. The van der Waals surface area contributed by atoms with Crippen molar-refractivity contribution in [3.05, 3.63) is 0 Å². The highest BCUT2D eigenvalue weighted by Crippen LogP contribution is 2.37. The molecule has 1 N–H and O–H groups in total. The number of amides is 1. The Morgan fingerprint density at radius 3 is 2.29 bits per heavy atom. The molecule has 0 atom stereocenters. The molecule has 0 bridgehead atoms. The Labute approximate surface area is 102 Å². The van der Waals surface area contributed by atoms with Crippen molar-refractivity contribution in [2.75, 3.05) is 6.54 Å². The fraction of sp³-hybridized carbons (Fsp3) is 0.909. The summed E-state index contributed by atoms with van der Waals surface area (Å²) in [6, 6.07) is 0. The Bertz CT molecular complexity index is 421. The van der Waals surface area contributed by atoms with Gasteiger partial charge in [0.1, 0.15) is 0 Å². The van der Waals surface area contributed by atoms with E-state index in [0.29, 0.717) is 12.8 Å². The van der Waals surface area contributed by atoms with Gasteiger partial charge in [-0.3, -0.25) is 4.79 Å². The molecule has 2 aliphatic rings. The molecule has 0 aromatic rings. The highest BCUT2D eigenvalue weighted by atomic mass is 32.2. The van der Waals surface area contributed by atoms with Crippen LogP contribution in [0.4, 0.5) is 0 Å². The third-order valence-corrected chi connectivity index (χ3v) is 6.28. The summed E-state index contributed by atoms with van der Waals surface area (Å²) in [6.07, 6.45) is 2.74. The van der Waals surface area contributed by atoms with E-state index < -0.39 is 14.8 Å².